The maximum absolute atomic E-state index is 13.3. The summed E-state index contributed by atoms with van der Waals surface area (Å²) in [6, 6.07) is 7.96. The van der Waals surface area contributed by atoms with E-state index >= 15 is 0 Å². The molecule has 1 atom stereocenters. The number of hydrogen-bond acceptors (Lipinski definition) is 5. The Morgan fingerprint density at radius 1 is 1.24 bits per heavy atom. The summed E-state index contributed by atoms with van der Waals surface area (Å²) in [6.07, 6.45) is -1.44. The van der Waals surface area contributed by atoms with Gasteiger partial charge in [-0.3, -0.25) is 9.19 Å². The topological polar surface area (TPSA) is 77.3 Å². The van der Waals surface area contributed by atoms with Crippen molar-refractivity contribution in [3.63, 3.8) is 0 Å². The van der Waals surface area contributed by atoms with E-state index in [1.165, 1.54) is 16.8 Å². The fraction of sp³-hybridized carbons (Fsp3) is 0.409. The number of carbonyl (C=O) groups is 1. The van der Waals surface area contributed by atoms with E-state index in [4.69, 9.17) is 4.74 Å². The zero-order valence-electron chi connectivity index (χ0n) is 18.6. The van der Waals surface area contributed by atoms with Gasteiger partial charge in [-0.25, -0.2) is 14.3 Å². The van der Waals surface area contributed by atoms with Crippen LogP contribution in [0.25, 0.3) is 11.0 Å². The second-order valence-corrected chi connectivity index (χ2v) is 8.90. The number of rotatable bonds is 8. The van der Waals surface area contributed by atoms with Crippen LogP contribution >= 0.6 is 0 Å². The van der Waals surface area contributed by atoms with Gasteiger partial charge < -0.3 is 9.64 Å². The molecule has 11 heteroatoms. The van der Waals surface area contributed by atoms with Crippen molar-refractivity contribution in [1.29, 1.82) is 0 Å². The molecular formula is C22H25F3N4O3S. The predicted octanol–water partition coefficient (Wildman–Crippen LogP) is 4.69. The molecule has 0 aliphatic heterocycles. The highest BCUT2D eigenvalue weighted by molar-refractivity contribution is 7.84. The molecule has 1 amide bonds. The Morgan fingerprint density at radius 3 is 2.67 bits per heavy atom. The number of imidazole rings is 1. The van der Waals surface area contributed by atoms with Crippen molar-refractivity contribution in [2.45, 2.75) is 43.8 Å². The highest BCUT2D eigenvalue weighted by Gasteiger charge is 2.29. The van der Waals surface area contributed by atoms with Crippen LogP contribution in [-0.2, 0) is 16.6 Å². The van der Waals surface area contributed by atoms with Gasteiger partial charge in [0.15, 0.2) is 6.61 Å². The van der Waals surface area contributed by atoms with Crippen molar-refractivity contribution >= 4 is 27.9 Å². The summed E-state index contributed by atoms with van der Waals surface area (Å²) in [7, 11) is -0.124. The Hall–Kier alpha value is -2.95. The lowest BCUT2D eigenvalue weighted by molar-refractivity contribution is -0.153. The van der Waals surface area contributed by atoms with Crippen molar-refractivity contribution in [3.05, 3.63) is 47.8 Å². The van der Waals surface area contributed by atoms with Gasteiger partial charge in [-0.05, 0) is 31.5 Å². The molecule has 2 aromatic heterocycles. The minimum Gasteiger partial charge on any atom is -0.484 e. The molecule has 33 heavy (non-hydrogen) atoms. The Morgan fingerprint density at radius 2 is 1.97 bits per heavy atom. The van der Waals surface area contributed by atoms with Crippen LogP contribution in [0, 0.1) is 6.92 Å². The number of para-hydroxylation sites is 2. The maximum atomic E-state index is 13.3. The Balaban J connectivity index is 1.93. The molecular weight excluding hydrogens is 457 g/mol. The van der Waals surface area contributed by atoms with E-state index in [1.807, 2.05) is 6.92 Å². The van der Waals surface area contributed by atoms with E-state index in [0.717, 1.165) is 12.8 Å². The number of benzene rings is 1. The molecule has 0 bridgehead atoms. The Bertz CT molecular complexity index is 1160. The molecule has 0 radical (unpaired) electrons. The van der Waals surface area contributed by atoms with Crippen LogP contribution in [0.15, 0.2) is 41.7 Å². The van der Waals surface area contributed by atoms with Crippen LogP contribution in [0.5, 0.6) is 5.75 Å². The Kier molecular flexibility index (Phi) is 7.72. The fourth-order valence-corrected chi connectivity index (χ4v) is 4.46. The number of ether oxygens (including phenoxy) is 1. The van der Waals surface area contributed by atoms with Crippen LogP contribution in [0.1, 0.15) is 31.0 Å². The SMILES string of the molecule is CCCCN(C)C(=O)n1c(S(=O)Cc2nccc(OCC(F)(F)F)c2C)nc2ccccc21. The van der Waals surface area contributed by atoms with Crippen molar-refractivity contribution in [2.75, 3.05) is 20.2 Å². The van der Waals surface area contributed by atoms with Gasteiger partial charge in [-0.1, -0.05) is 25.5 Å². The number of amides is 1. The van der Waals surface area contributed by atoms with Gasteiger partial charge in [0, 0.05) is 25.4 Å². The summed E-state index contributed by atoms with van der Waals surface area (Å²) in [5.74, 6) is -0.122. The largest absolute Gasteiger partial charge is 0.484 e. The van der Waals surface area contributed by atoms with E-state index < -0.39 is 23.6 Å². The normalized spacial score (nSPS) is 12.7. The molecule has 2 heterocycles. The molecule has 0 saturated heterocycles. The Labute approximate surface area is 192 Å². The summed E-state index contributed by atoms with van der Waals surface area (Å²) in [6.45, 7) is 2.67. The molecule has 0 fully saturated rings. The fourth-order valence-electron chi connectivity index (χ4n) is 3.21. The second-order valence-electron chi connectivity index (χ2n) is 7.55. The monoisotopic (exact) mass is 482 g/mol. The lowest BCUT2D eigenvalue weighted by atomic mass is 10.2. The van der Waals surface area contributed by atoms with Gasteiger partial charge in [-0.2, -0.15) is 13.2 Å². The number of pyridine rings is 1. The van der Waals surface area contributed by atoms with Gasteiger partial charge in [0.1, 0.15) is 5.75 Å². The van der Waals surface area contributed by atoms with Crippen LogP contribution in [0.3, 0.4) is 0 Å². The first-order valence-corrected chi connectivity index (χ1v) is 11.7. The van der Waals surface area contributed by atoms with E-state index in [9.17, 15) is 22.2 Å². The van der Waals surface area contributed by atoms with Crippen molar-refractivity contribution < 1.29 is 26.9 Å². The van der Waals surface area contributed by atoms with Crippen LogP contribution in [-0.4, -0.2) is 56.1 Å². The number of halogens is 3. The second kappa shape index (κ2) is 10.3. The van der Waals surface area contributed by atoms with Crippen molar-refractivity contribution in [1.82, 2.24) is 19.4 Å². The number of nitrogens with zero attached hydrogens (tertiary/aromatic N) is 4. The van der Waals surface area contributed by atoms with Gasteiger partial charge in [0.2, 0.25) is 5.16 Å². The first-order valence-electron chi connectivity index (χ1n) is 10.4. The van der Waals surface area contributed by atoms with Crippen molar-refractivity contribution in [2.24, 2.45) is 0 Å². The number of hydrogen-bond donors (Lipinski definition) is 0. The molecule has 0 aliphatic rings. The maximum Gasteiger partial charge on any atom is 0.422 e. The van der Waals surface area contributed by atoms with Crippen LogP contribution < -0.4 is 4.74 Å². The van der Waals surface area contributed by atoms with E-state index in [-0.39, 0.29) is 22.7 Å². The molecule has 0 saturated carbocycles. The average Bonchev–Trinajstić information content (AvgIpc) is 3.16. The third kappa shape index (κ3) is 5.89. The molecule has 0 N–H and O–H groups in total. The third-order valence-corrected chi connectivity index (χ3v) is 6.23. The van der Waals surface area contributed by atoms with Gasteiger partial charge in [-0.15, -0.1) is 0 Å². The van der Waals surface area contributed by atoms with Gasteiger partial charge in [0.05, 0.1) is 33.3 Å². The number of unbranched alkanes of at least 4 members (excludes halogenated alkanes) is 1. The quantitative estimate of drug-likeness (QED) is 0.466. The van der Waals surface area contributed by atoms with E-state index in [1.54, 1.807) is 43.1 Å². The first kappa shape index (κ1) is 24.7. The standard InChI is InChI=1S/C22H25F3N4O3S/c1-4-5-12-28(3)21(30)29-18-9-7-6-8-16(18)27-20(29)33(31)13-17-15(2)19(10-11-26-17)32-14-22(23,24)25/h6-11H,4-5,12-14H2,1-3H3. The van der Waals surface area contributed by atoms with Crippen LogP contribution in [0.2, 0.25) is 0 Å². The molecule has 178 valence electrons. The van der Waals surface area contributed by atoms with E-state index in [2.05, 4.69) is 9.97 Å². The number of aromatic nitrogens is 3. The summed E-state index contributed by atoms with van der Waals surface area (Å²) >= 11 is 0. The molecule has 0 aliphatic carbocycles. The third-order valence-electron chi connectivity index (χ3n) is 5.02. The highest BCUT2D eigenvalue weighted by Crippen LogP contribution is 2.26. The summed E-state index contributed by atoms with van der Waals surface area (Å²) < 4.78 is 57.1. The van der Waals surface area contributed by atoms with Crippen LogP contribution in [0.4, 0.5) is 18.0 Å². The molecule has 1 aromatic carbocycles. The number of alkyl halides is 3. The lowest BCUT2D eigenvalue weighted by Gasteiger charge is -2.18. The molecule has 3 aromatic rings. The van der Waals surface area contributed by atoms with Gasteiger partial charge in [0.25, 0.3) is 0 Å². The molecule has 3 rings (SSSR count). The number of fused-ring (bicyclic) bond motifs is 1. The van der Waals surface area contributed by atoms with Gasteiger partial charge >= 0.3 is 12.2 Å². The minimum atomic E-state index is -4.48. The van der Waals surface area contributed by atoms with E-state index in [0.29, 0.717) is 28.8 Å². The number of carbonyl (C=O) groups excluding carboxylic acids is 1. The molecule has 1 unspecified atom stereocenters. The lowest BCUT2D eigenvalue weighted by Crippen LogP contribution is -2.33. The molecule has 0 spiro atoms. The zero-order valence-corrected chi connectivity index (χ0v) is 19.4. The van der Waals surface area contributed by atoms with Crippen molar-refractivity contribution in [3.8, 4) is 5.75 Å². The highest BCUT2D eigenvalue weighted by atomic mass is 32.2. The predicted molar refractivity (Wildman–Crippen MR) is 119 cm³/mol. The summed E-state index contributed by atoms with van der Waals surface area (Å²) in [4.78, 5) is 23.3. The smallest absolute Gasteiger partial charge is 0.422 e. The summed E-state index contributed by atoms with van der Waals surface area (Å²) in [5, 5.41) is 0.0624. The average molecular weight is 483 g/mol. The molecule has 7 nitrogen and oxygen atoms in total. The zero-order chi connectivity index (χ0) is 24.2. The summed E-state index contributed by atoms with van der Waals surface area (Å²) in [5.41, 5.74) is 1.70. The minimum absolute atomic E-state index is 0.0122. The first-order chi connectivity index (χ1) is 15.6.